The van der Waals surface area contributed by atoms with Crippen LogP contribution in [0.25, 0.3) is 0 Å². The Morgan fingerprint density at radius 2 is 1.95 bits per heavy atom. The molecule has 6 heteroatoms. The minimum Gasteiger partial charge on any atom is -0.336 e. The number of hydrogen-bond acceptors (Lipinski definition) is 3. The number of sulfonamides is 1. The summed E-state index contributed by atoms with van der Waals surface area (Å²) < 4.78 is 23.2. The number of amides is 1. The Labute approximate surface area is 119 Å². The molecule has 0 radical (unpaired) electrons. The quantitative estimate of drug-likeness (QED) is 0.902. The average Bonchev–Trinajstić information content (AvgIpc) is 2.62. The molecule has 110 valence electrons. The molecule has 5 nitrogen and oxygen atoms in total. The molecular weight excluding hydrogens is 276 g/mol. The fourth-order valence-electron chi connectivity index (χ4n) is 2.62. The summed E-state index contributed by atoms with van der Waals surface area (Å²) in [5.41, 5.74) is 0.170. The van der Waals surface area contributed by atoms with Crippen LogP contribution in [0, 0.1) is 0 Å². The fourth-order valence-corrected chi connectivity index (χ4v) is 3.35. The van der Waals surface area contributed by atoms with Crippen molar-refractivity contribution in [3.63, 3.8) is 0 Å². The van der Waals surface area contributed by atoms with Gasteiger partial charge in [-0.05, 0) is 31.9 Å². The molecule has 1 unspecified atom stereocenters. The highest BCUT2D eigenvalue weighted by Crippen LogP contribution is 2.22. The van der Waals surface area contributed by atoms with E-state index < -0.39 is 10.0 Å². The first-order chi connectivity index (χ1) is 9.41. The highest BCUT2D eigenvalue weighted by atomic mass is 32.2. The molecular formula is C14H20N2O3S. The standard InChI is InChI=1S/C14H20N2O3S/c1-11-7-3-2-6-10-16(11)14(17)12-8-4-5-9-13(12)20(15,18)19/h4-5,8-9,11H,2-3,6-7,10H2,1H3,(H2,15,18,19). The Bertz CT molecular complexity index is 598. The number of nitrogens with zero attached hydrogens (tertiary/aromatic N) is 1. The van der Waals surface area contributed by atoms with Gasteiger partial charge in [-0.2, -0.15) is 0 Å². The van der Waals surface area contributed by atoms with Crippen LogP contribution in [-0.4, -0.2) is 31.8 Å². The van der Waals surface area contributed by atoms with Gasteiger partial charge in [-0.25, -0.2) is 13.6 Å². The van der Waals surface area contributed by atoms with Gasteiger partial charge in [0, 0.05) is 12.6 Å². The molecule has 1 aromatic rings. The first-order valence-electron chi connectivity index (χ1n) is 6.84. The summed E-state index contributed by atoms with van der Waals surface area (Å²) in [6.07, 6.45) is 4.10. The summed E-state index contributed by atoms with van der Waals surface area (Å²) in [4.78, 5) is 14.3. The van der Waals surface area contributed by atoms with Gasteiger partial charge in [0.15, 0.2) is 0 Å². The minimum absolute atomic E-state index is 0.0959. The molecule has 1 saturated heterocycles. The normalized spacial score (nSPS) is 20.5. The molecule has 1 fully saturated rings. The van der Waals surface area contributed by atoms with Gasteiger partial charge in [0.2, 0.25) is 10.0 Å². The van der Waals surface area contributed by atoms with Crippen LogP contribution in [0.5, 0.6) is 0 Å². The fraction of sp³-hybridized carbons (Fsp3) is 0.500. The molecule has 1 aliphatic rings. The number of likely N-dealkylation sites (tertiary alicyclic amines) is 1. The lowest BCUT2D eigenvalue weighted by molar-refractivity contribution is 0.0694. The van der Waals surface area contributed by atoms with Crippen LogP contribution in [0.1, 0.15) is 43.0 Å². The number of rotatable bonds is 2. The molecule has 0 aromatic heterocycles. The zero-order valence-corrected chi connectivity index (χ0v) is 12.4. The van der Waals surface area contributed by atoms with Crippen molar-refractivity contribution in [1.29, 1.82) is 0 Å². The van der Waals surface area contributed by atoms with Crippen molar-refractivity contribution in [2.45, 2.75) is 43.5 Å². The number of carbonyl (C=O) groups excluding carboxylic acids is 1. The molecule has 0 bridgehead atoms. The largest absolute Gasteiger partial charge is 0.336 e. The van der Waals surface area contributed by atoms with Crippen LogP contribution in [0.3, 0.4) is 0 Å². The molecule has 1 aromatic carbocycles. The molecule has 0 spiro atoms. The maximum atomic E-state index is 12.6. The van der Waals surface area contributed by atoms with E-state index in [0.717, 1.165) is 25.7 Å². The van der Waals surface area contributed by atoms with Crippen LogP contribution < -0.4 is 5.14 Å². The molecule has 1 heterocycles. The Kier molecular flexibility index (Phi) is 4.45. The zero-order chi connectivity index (χ0) is 14.8. The molecule has 1 aliphatic heterocycles. The van der Waals surface area contributed by atoms with E-state index in [1.54, 1.807) is 17.0 Å². The van der Waals surface area contributed by atoms with Gasteiger partial charge in [0.1, 0.15) is 0 Å². The molecule has 2 N–H and O–H groups in total. The smallest absolute Gasteiger partial charge is 0.255 e. The second-order valence-corrected chi connectivity index (χ2v) is 6.77. The van der Waals surface area contributed by atoms with Crippen molar-refractivity contribution in [2.75, 3.05) is 6.54 Å². The molecule has 2 rings (SSSR count). The number of nitrogens with two attached hydrogens (primary N) is 1. The van der Waals surface area contributed by atoms with Gasteiger partial charge in [0.05, 0.1) is 10.5 Å². The van der Waals surface area contributed by atoms with Gasteiger partial charge < -0.3 is 4.90 Å². The van der Waals surface area contributed by atoms with Crippen LogP contribution in [0.2, 0.25) is 0 Å². The van der Waals surface area contributed by atoms with E-state index in [1.165, 1.54) is 12.1 Å². The molecule has 0 aliphatic carbocycles. The number of carbonyl (C=O) groups is 1. The zero-order valence-electron chi connectivity index (χ0n) is 11.6. The van der Waals surface area contributed by atoms with Crippen molar-refractivity contribution in [3.05, 3.63) is 29.8 Å². The number of primary sulfonamides is 1. The molecule has 0 saturated carbocycles. The maximum absolute atomic E-state index is 12.6. The summed E-state index contributed by atoms with van der Waals surface area (Å²) >= 11 is 0. The summed E-state index contributed by atoms with van der Waals surface area (Å²) in [7, 11) is -3.89. The summed E-state index contributed by atoms with van der Waals surface area (Å²) in [5.74, 6) is -0.246. The van der Waals surface area contributed by atoms with Gasteiger partial charge in [-0.3, -0.25) is 4.79 Å². The van der Waals surface area contributed by atoms with E-state index in [4.69, 9.17) is 5.14 Å². The van der Waals surface area contributed by atoms with E-state index in [1.807, 2.05) is 6.92 Å². The maximum Gasteiger partial charge on any atom is 0.255 e. The summed E-state index contributed by atoms with van der Waals surface area (Å²) in [6.45, 7) is 2.67. The Morgan fingerprint density at radius 1 is 1.25 bits per heavy atom. The van der Waals surface area contributed by atoms with Crippen molar-refractivity contribution >= 4 is 15.9 Å². The highest BCUT2D eigenvalue weighted by molar-refractivity contribution is 7.89. The topological polar surface area (TPSA) is 80.5 Å². The van der Waals surface area contributed by atoms with E-state index in [0.29, 0.717) is 6.54 Å². The average molecular weight is 296 g/mol. The Morgan fingerprint density at radius 3 is 2.65 bits per heavy atom. The van der Waals surface area contributed by atoms with E-state index in [9.17, 15) is 13.2 Å². The lowest BCUT2D eigenvalue weighted by Gasteiger charge is -2.27. The third-order valence-corrected chi connectivity index (χ3v) is 4.71. The van der Waals surface area contributed by atoms with E-state index in [2.05, 4.69) is 0 Å². The van der Waals surface area contributed by atoms with Gasteiger partial charge in [-0.1, -0.05) is 25.0 Å². The van der Waals surface area contributed by atoms with Gasteiger partial charge in [-0.15, -0.1) is 0 Å². The summed E-state index contributed by atoms with van der Waals surface area (Å²) in [5, 5.41) is 5.19. The predicted octanol–water partition coefficient (Wildman–Crippen LogP) is 1.74. The Balaban J connectivity index is 2.38. The van der Waals surface area contributed by atoms with Crippen LogP contribution in [-0.2, 0) is 10.0 Å². The lowest BCUT2D eigenvalue weighted by Crippen LogP contribution is -2.39. The minimum atomic E-state index is -3.89. The number of hydrogen-bond donors (Lipinski definition) is 1. The second-order valence-electron chi connectivity index (χ2n) is 5.24. The summed E-state index contributed by atoms with van der Waals surface area (Å²) in [6, 6.07) is 6.26. The highest BCUT2D eigenvalue weighted by Gasteiger charge is 2.27. The van der Waals surface area contributed by atoms with Gasteiger partial charge >= 0.3 is 0 Å². The first-order valence-corrected chi connectivity index (χ1v) is 8.38. The third kappa shape index (κ3) is 3.19. The van der Waals surface area contributed by atoms with Crippen LogP contribution in [0.4, 0.5) is 0 Å². The number of benzene rings is 1. The van der Waals surface area contributed by atoms with Gasteiger partial charge in [0.25, 0.3) is 5.91 Å². The van der Waals surface area contributed by atoms with Crippen molar-refractivity contribution in [3.8, 4) is 0 Å². The van der Waals surface area contributed by atoms with Crippen molar-refractivity contribution in [2.24, 2.45) is 5.14 Å². The lowest BCUT2D eigenvalue weighted by atomic mass is 10.1. The first kappa shape index (κ1) is 15.0. The van der Waals surface area contributed by atoms with E-state index >= 15 is 0 Å². The molecule has 1 amide bonds. The predicted molar refractivity (Wildman–Crippen MR) is 76.8 cm³/mol. The van der Waals surface area contributed by atoms with E-state index in [-0.39, 0.29) is 22.4 Å². The van der Waals surface area contributed by atoms with Crippen LogP contribution >= 0.6 is 0 Å². The third-order valence-electron chi connectivity index (χ3n) is 3.74. The SMILES string of the molecule is CC1CCCCCN1C(=O)c1ccccc1S(N)(=O)=O. The Hall–Kier alpha value is -1.40. The monoisotopic (exact) mass is 296 g/mol. The van der Waals surface area contributed by atoms with Crippen molar-refractivity contribution < 1.29 is 13.2 Å². The molecule has 20 heavy (non-hydrogen) atoms. The van der Waals surface area contributed by atoms with Crippen LogP contribution in [0.15, 0.2) is 29.2 Å². The van der Waals surface area contributed by atoms with Crippen molar-refractivity contribution in [1.82, 2.24) is 4.90 Å². The molecule has 1 atom stereocenters. The second kappa shape index (κ2) is 5.93.